The summed E-state index contributed by atoms with van der Waals surface area (Å²) >= 11 is 7.99. The normalized spacial score (nSPS) is 10.6. The Balaban J connectivity index is 1.75. The van der Waals surface area contributed by atoms with Crippen LogP contribution in [0.3, 0.4) is 0 Å². The summed E-state index contributed by atoms with van der Waals surface area (Å²) in [6.07, 6.45) is 0. The van der Waals surface area contributed by atoms with Crippen LogP contribution in [0.5, 0.6) is 0 Å². The number of aryl methyl sites for hydroxylation is 2. The van der Waals surface area contributed by atoms with Crippen LogP contribution in [0.1, 0.15) is 41.0 Å². The number of hydrogen-bond acceptors (Lipinski definition) is 7. The van der Waals surface area contributed by atoms with Gasteiger partial charge < -0.3 is 10.1 Å². The average Bonchev–Trinajstić information content (AvgIpc) is 3.22. The van der Waals surface area contributed by atoms with Gasteiger partial charge in [0.2, 0.25) is 0 Å². The van der Waals surface area contributed by atoms with Gasteiger partial charge in [-0.15, -0.1) is 11.3 Å². The Labute approximate surface area is 183 Å². The third-order valence-corrected chi connectivity index (χ3v) is 6.44. The molecular weight excluding hydrogens is 453 g/mol. The molecule has 0 bridgehead atoms. The zero-order valence-electron chi connectivity index (χ0n) is 16.0. The van der Waals surface area contributed by atoms with Crippen LogP contribution in [0.15, 0.2) is 24.3 Å². The molecule has 3 aromatic rings. The number of hydrogen-bond donors (Lipinski definition) is 2. The number of esters is 1. The van der Waals surface area contributed by atoms with E-state index in [0.29, 0.717) is 26.0 Å². The van der Waals surface area contributed by atoms with Crippen LogP contribution in [0, 0.1) is 19.7 Å². The molecule has 0 aliphatic heterocycles. The van der Waals surface area contributed by atoms with Crippen molar-refractivity contribution in [2.75, 3.05) is 17.7 Å². The second-order valence-electron chi connectivity index (χ2n) is 6.08. The van der Waals surface area contributed by atoms with Crippen LogP contribution in [-0.2, 0) is 4.74 Å². The molecule has 0 fully saturated rings. The zero-order valence-corrected chi connectivity index (χ0v) is 18.4. The van der Waals surface area contributed by atoms with Gasteiger partial charge in [-0.25, -0.2) is 14.2 Å². The van der Waals surface area contributed by atoms with Gasteiger partial charge in [0.25, 0.3) is 11.8 Å². The van der Waals surface area contributed by atoms with Crippen molar-refractivity contribution >= 4 is 62.2 Å². The average molecular weight is 468 g/mol. The number of methoxy groups -OCH3 is 1. The van der Waals surface area contributed by atoms with E-state index < -0.39 is 23.6 Å². The largest absolute Gasteiger partial charge is 0.465 e. The van der Waals surface area contributed by atoms with Crippen LogP contribution in [0.2, 0.25) is 5.02 Å². The van der Waals surface area contributed by atoms with E-state index in [1.54, 1.807) is 19.9 Å². The lowest BCUT2D eigenvalue weighted by atomic mass is 10.2. The molecule has 0 atom stereocenters. The second kappa shape index (κ2) is 8.90. The topological polar surface area (TPSA) is 97.4 Å². The van der Waals surface area contributed by atoms with Crippen molar-refractivity contribution in [1.29, 1.82) is 0 Å². The first-order valence-corrected chi connectivity index (χ1v) is 10.4. The zero-order chi connectivity index (χ0) is 22.0. The molecule has 30 heavy (non-hydrogen) atoms. The van der Waals surface area contributed by atoms with Crippen molar-refractivity contribution in [3.63, 3.8) is 0 Å². The number of carbonyl (C=O) groups excluding carboxylic acids is 3. The number of ether oxygens (including phenoxy) is 1. The number of benzene rings is 1. The minimum absolute atomic E-state index is 0.0145. The standard InChI is InChI=1S/C19H15ClFN3O4S2/c1-8-6-13(23-16(25)11-5-4-10(21)7-12(11)20)29-14(8)17(26)24-19-22-9(2)15(30-19)18(27)28-3/h4-7H,1-3H3,(H,23,25)(H,22,24,26). The fraction of sp³-hybridized carbons (Fsp3) is 0.158. The molecule has 0 saturated carbocycles. The Kier molecular flexibility index (Phi) is 6.49. The number of halogens is 2. The minimum atomic E-state index is -0.546. The van der Waals surface area contributed by atoms with Gasteiger partial charge >= 0.3 is 5.97 Å². The summed E-state index contributed by atoms with van der Waals surface area (Å²) in [6, 6.07) is 5.11. The maximum atomic E-state index is 13.2. The maximum absolute atomic E-state index is 13.2. The number of aromatic nitrogens is 1. The molecule has 2 amide bonds. The highest BCUT2D eigenvalue weighted by atomic mass is 35.5. The van der Waals surface area contributed by atoms with Gasteiger partial charge in [-0.1, -0.05) is 22.9 Å². The number of rotatable bonds is 5. The summed E-state index contributed by atoms with van der Waals surface area (Å²) in [5.41, 5.74) is 1.21. The van der Waals surface area contributed by atoms with E-state index in [1.165, 1.54) is 13.2 Å². The van der Waals surface area contributed by atoms with Crippen molar-refractivity contribution in [3.8, 4) is 0 Å². The smallest absolute Gasteiger partial charge is 0.350 e. The summed E-state index contributed by atoms with van der Waals surface area (Å²) in [4.78, 5) is 41.5. The van der Waals surface area contributed by atoms with Gasteiger partial charge in [-0.2, -0.15) is 0 Å². The first-order chi connectivity index (χ1) is 14.2. The van der Waals surface area contributed by atoms with Gasteiger partial charge in [-0.05, 0) is 43.7 Å². The van der Waals surface area contributed by atoms with Crippen molar-refractivity contribution < 1.29 is 23.5 Å². The predicted octanol–water partition coefficient (Wildman–Crippen LogP) is 4.91. The lowest BCUT2D eigenvalue weighted by molar-refractivity contribution is 0.0605. The number of thiazole rings is 1. The van der Waals surface area contributed by atoms with E-state index in [9.17, 15) is 18.8 Å². The number of nitrogens with one attached hydrogen (secondary N) is 2. The van der Waals surface area contributed by atoms with E-state index in [4.69, 9.17) is 11.6 Å². The van der Waals surface area contributed by atoms with Crippen LogP contribution in [0.25, 0.3) is 0 Å². The number of anilines is 2. The number of nitrogens with zero attached hydrogens (tertiary/aromatic N) is 1. The molecule has 1 aromatic carbocycles. The first-order valence-electron chi connectivity index (χ1n) is 8.43. The molecule has 0 saturated heterocycles. The Bertz CT molecular complexity index is 1160. The molecule has 0 spiro atoms. The van der Waals surface area contributed by atoms with E-state index >= 15 is 0 Å². The third kappa shape index (κ3) is 4.66. The molecule has 0 aliphatic rings. The van der Waals surface area contributed by atoms with E-state index in [-0.39, 0.29) is 15.7 Å². The monoisotopic (exact) mass is 467 g/mol. The Morgan fingerprint density at radius 3 is 2.47 bits per heavy atom. The van der Waals surface area contributed by atoms with Crippen molar-refractivity contribution in [2.45, 2.75) is 13.8 Å². The molecule has 11 heteroatoms. The van der Waals surface area contributed by atoms with Crippen LogP contribution in [0.4, 0.5) is 14.5 Å². The molecule has 0 aliphatic carbocycles. The SMILES string of the molecule is COC(=O)c1sc(NC(=O)c2sc(NC(=O)c3ccc(F)cc3Cl)cc2C)nc1C. The van der Waals surface area contributed by atoms with Gasteiger partial charge in [0.15, 0.2) is 5.13 Å². The van der Waals surface area contributed by atoms with Gasteiger partial charge in [0.05, 0.1) is 33.3 Å². The molecular formula is C19H15ClFN3O4S2. The quantitative estimate of drug-likeness (QED) is 0.520. The van der Waals surface area contributed by atoms with Crippen molar-refractivity contribution in [3.05, 3.63) is 61.7 Å². The molecule has 3 rings (SSSR count). The number of amides is 2. The molecule has 0 unspecified atom stereocenters. The molecule has 156 valence electrons. The van der Waals surface area contributed by atoms with E-state index in [2.05, 4.69) is 20.4 Å². The highest BCUT2D eigenvalue weighted by molar-refractivity contribution is 7.19. The van der Waals surface area contributed by atoms with Crippen LogP contribution >= 0.6 is 34.3 Å². The summed E-state index contributed by atoms with van der Waals surface area (Å²) in [5.74, 6) is -2.02. The second-order valence-corrected chi connectivity index (χ2v) is 8.54. The van der Waals surface area contributed by atoms with Crippen LogP contribution in [-0.4, -0.2) is 29.9 Å². The summed E-state index contributed by atoms with van der Waals surface area (Å²) in [6.45, 7) is 3.36. The summed E-state index contributed by atoms with van der Waals surface area (Å²) in [7, 11) is 1.27. The lowest BCUT2D eigenvalue weighted by Gasteiger charge is -2.04. The maximum Gasteiger partial charge on any atom is 0.350 e. The first kappa shape index (κ1) is 21.9. The van der Waals surface area contributed by atoms with Crippen LogP contribution < -0.4 is 10.6 Å². The minimum Gasteiger partial charge on any atom is -0.465 e. The van der Waals surface area contributed by atoms with Gasteiger partial charge in [-0.3, -0.25) is 14.9 Å². The highest BCUT2D eigenvalue weighted by Gasteiger charge is 2.20. The Morgan fingerprint density at radius 1 is 1.07 bits per heavy atom. The van der Waals surface area contributed by atoms with E-state index in [0.717, 1.165) is 34.8 Å². The summed E-state index contributed by atoms with van der Waals surface area (Å²) in [5, 5.41) is 5.97. The highest BCUT2D eigenvalue weighted by Crippen LogP contribution is 2.30. The molecule has 7 nitrogen and oxygen atoms in total. The third-order valence-electron chi connectivity index (χ3n) is 3.92. The molecule has 2 N–H and O–H groups in total. The molecule has 2 heterocycles. The lowest BCUT2D eigenvalue weighted by Crippen LogP contribution is -2.12. The Hall–Kier alpha value is -2.82. The van der Waals surface area contributed by atoms with E-state index in [1.807, 2.05) is 0 Å². The number of thiophene rings is 1. The number of carbonyl (C=O) groups is 3. The molecule has 2 aromatic heterocycles. The summed E-state index contributed by atoms with van der Waals surface area (Å²) < 4.78 is 17.8. The van der Waals surface area contributed by atoms with Gasteiger partial charge in [0, 0.05) is 0 Å². The van der Waals surface area contributed by atoms with Gasteiger partial charge in [0.1, 0.15) is 10.7 Å². The predicted molar refractivity (Wildman–Crippen MR) is 115 cm³/mol. The fourth-order valence-corrected chi connectivity index (χ4v) is 4.60. The molecule has 0 radical (unpaired) electrons. The van der Waals surface area contributed by atoms with Crippen molar-refractivity contribution in [2.24, 2.45) is 0 Å². The Morgan fingerprint density at radius 2 is 1.80 bits per heavy atom. The van der Waals surface area contributed by atoms with Crippen molar-refractivity contribution in [1.82, 2.24) is 4.98 Å². The fourth-order valence-electron chi connectivity index (χ4n) is 2.51.